The molecule has 0 radical (unpaired) electrons. The smallest absolute Gasteiger partial charge is 0.428 e. The molecule has 1 rings (SSSR count). The van der Waals surface area contributed by atoms with Crippen molar-refractivity contribution in [2.45, 2.75) is 78.1 Å². The van der Waals surface area contributed by atoms with Crippen LogP contribution >= 0.6 is 0 Å². The normalized spacial score (nSPS) is 17.0. The average molecular weight is 311 g/mol. The monoisotopic (exact) mass is 310 g/mol. The second-order valence-electron chi connectivity index (χ2n) is 7.79. The molecule has 0 spiro atoms. The number of carbonyl (C=O) groups excluding carboxylic acids is 1. The molecule has 1 fully saturated rings. The average Bonchev–Trinajstić information content (AvgIpc) is 2.32. The number of carbonyl (C=O) groups is 1. The highest BCUT2D eigenvalue weighted by Crippen LogP contribution is 2.28. The maximum absolute atomic E-state index is 11.9. The molecular weight excluding hydrogens is 280 g/mol. The Morgan fingerprint density at radius 1 is 1.10 bits per heavy atom. The van der Waals surface area contributed by atoms with Crippen molar-refractivity contribution in [1.29, 1.82) is 0 Å². The summed E-state index contributed by atoms with van der Waals surface area (Å²) in [6.45, 7) is 12.3. The van der Waals surface area contributed by atoms with Gasteiger partial charge in [-0.1, -0.05) is 31.8 Å². The number of ether oxygens (including phenoxy) is 2. The van der Waals surface area contributed by atoms with Gasteiger partial charge in [0.15, 0.2) is 0 Å². The Kier molecular flexibility index (Phi) is 6.26. The lowest BCUT2D eigenvalue weighted by molar-refractivity contribution is 0.00730. The Labute approximate surface area is 130 Å². The van der Waals surface area contributed by atoms with E-state index in [1.54, 1.807) is 0 Å². The fourth-order valence-corrected chi connectivity index (χ4v) is 2.79. The third kappa shape index (κ3) is 8.10. The summed E-state index contributed by atoms with van der Waals surface area (Å²) in [6, 6.07) is 0. The van der Waals surface area contributed by atoms with Crippen molar-refractivity contribution in [3.05, 3.63) is 23.1 Å². The van der Waals surface area contributed by atoms with Crippen LogP contribution in [0.25, 0.3) is 0 Å². The SMILES string of the molecule is CC(C)(C)OC(=O)OC(/C=C/[Si](C)(C)C)=C1CCCCC1. The van der Waals surface area contributed by atoms with Crippen LogP contribution in [0.15, 0.2) is 23.1 Å². The van der Waals surface area contributed by atoms with E-state index in [2.05, 4.69) is 25.3 Å². The van der Waals surface area contributed by atoms with Crippen LogP contribution in [0.4, 0.5) is 4.79 Å². The van der Waals surface area contributed by atoms with E-state index in [9.17, 15) is 4.79 Å². The van der Waals surface area contributed by atoms with E-state index < -0.39 is 19.8 Å². The molecule has 0 aromatic rings. The maximum atomic E-state index is 11.9. The van der Waals surface area contributed by atoms with Crippen LogP contribution in [-0.2, 0) is 9.47 Å². The molecule has 0 saturated heterocycles. The second-order valence-corrected chi connectivity index (χ2v) is 12.9. The molecule has 3 nitrogen and oxygen atoms in total. The van der Waals surface area contributed by atoms with Gasteiger partial charge in [0.1, 0.15) is 11.4 Å². The van der Waals surface area contributed by atoms with Crippen molar-refractivity contribution in [1.82, 2.24) is 0 Å². The molecule has 21 heavy (non-hydrogen) atoms. The first kappa shape index (κ1) is 18.0. The maximum Gasteiger partial charge on any atom is 0.514 e. The molecule has 0 heterocycles. The standard InChI is InChI=1S/C17H30O3Si/c1-17(2,3)20-16(18)19-15(12-13-21(4,5)6)14-10-8-7-9-11-14/h12-13H,7-11H2,1-6H3/b13-12+. The van der Waals surface area contributed by atoms with Crippen LogP contribution < -0.4 is 0 Å². The Morgan fingerprint density at radius 2 is 1.67 bits per heavy atom. The zero-order valence-corrected chi connectivity index (χ0v) is 15.4. The van der Waals surface area contributed by atoms with Crippen LogP contribution in [0, 0.1) is 0 Å². The van der Waals surface area contributed by atoms with Gasteiger partial charge < -0.3 is 9.47 Å². The summed E-state index contributed by atoms with van der Waals surface area (Å²) in [5, 5.41) is 0. The molecule has 0 aliphatic heterocycles. The highest BCUT2D eigenvalue weighted by molar-refractivity contribution is 6.81. The lowest BCUT2D eigenvalue weighted by Crippen LogP contribution is -2.24. The van der Waals surface area contributed by atoms with Crippen LogP contribution in [0.5, 0.6) is 0 Å². The predicted octanol–water partition coefficient (Wildman–Crippen LogP) is 5.59. The van der Waals surface area contributed by atoms with Crippen molar-refractivity contribution in [3.63, 3.8) is 0 Å². The Morgan fingerprint density at radius 3 is 2.14 bits per heavy atom. The summed E-state index contributed by atoms with van der Waals surface area (Å²) in [6.07, 6.45) is 7.06. The van der Waals surface area contributed by atoms with Gasteiger partial charge in [-0.25, -0.2) is 4.79 Å². The minimum Gasteiger partial charge on any atom is -0.428 e. The molecule has 0 amide bonds. The fraction of sp³-hybridized carbons (Fsp3) is 0.706. The highest BCUT2D eigenvalue weighted by atomic mass is 28.3. The van der Waals surface area contributed by atoms with Gasteiger partial charge in [0, 0.05) is 0 Å². The minimum atomic E-state index is -1.33. The molecule has 0 atom stereocenters. The van der Waals surface area contributed by atoms with E-state index in [-0.39, 0.29) is 0 Å². The molecule has 1 aliphatic carbocycles. The number of rotatable bonds is 3. The number of hydrogen-bond acceptors (Lipinski definition) is 3. The first-order chi connectivity index (χ1) is 9.57. The zero-order chi connectivity index (χ0) is 16.1. The van der Waals surface area contributed by atoms with Gasteiger partial charge in [-0.05, 0) is 58.1 Å². The molecule has 1 aliphatic rings. The lowest BCUT2D eigenvalue weighted by atomic mass is 9.94. The van der Waals surface area contributed by atoms with Crippen LogP contribution in [0.2, 0.25) is 19.6 Å². The first-order valence-corrected chi connectivity index (χ1v) is 11.5. The Hall–Kier alpha value is -1.03. The quantitative estimate of drug-likeness (QED) is 0.387. The summed E-state index contributed by atoms with van der Waals surface area (Å²) in [5.41, 5.74) is 2.94. The first-order valence-electron chi connectivity index (χ1n) is 7.89. The molecule has 0 unspecified atom stereocenters. The van der Waals surface area contributed by atoms with Crippen molar-refractivity contribution in [2.75, 3.05) is 0 Å². The Bertz CT molecular complexity index is 414. The summed E-state index contributed by atoms with van der Waals surface area (Å²) in [4.78, 5) is 11.9. The number of hydrogen-bond donors (Lipinski definition) is 0. The topological polar surface area (TPSA) is 35.5 Å². The van der Waals surface area contributed by atoms with E-state index >= 15 is 0 Å². The van der Waals surface area contributed by atoms with Gasteiger partial charge in [-0.3, -0.25) is 0 Å². The van der Waals surface area contributed by atoms with Gasteiger partial charge in [0.25, 0.3) is 0 Å². The van der Waals surface area contributed by atoms with Crippen LogP contribution in [-0.4, -0.2) is 19.8 Å². The molecule has 120 valence electrons. The van der Waals surface area contributed by atoms with Gasteiger partial charge in [-0.2, -0.15) is 0 Å². The summed E-state index contributed by atoms with van der Waals surface area (Å²) in [7, 11) is -1.33. The molecule has 0 aromatic carbocycles. The minimum absolute atomic E-state index is 0.526. The van der Waals surface area contributed by atoms with E-state index in [4.69, 9.17) is 9.47 Å². The van der Waals surface area contributed by atoms with Crippen molar-refractivity contribution in [3.8, 4) is 0 Å². The predicted molar refractivity (Wildman–Crippen MR) is 89.9 cm³/mol. The molecule has 0 N–H and O–H groups in total. The van der Waals surface area contributed by atoms with Gasteiger partial charge >= 0.3 is 6.16 Å². The zero-order valence-electron chi connectivity index (χ0n) is 14.4. The van der Waals surface area contributed by atoms with Crippen LogP contribution in [0.1, 0.15) is 52.9 Å². The summed E-state index contributed by atoms with van der Waals surface area (Å²) >= 11 is 0. The van der Waals surface area contributed by atoms with Crippen molar-refractivity contribution in [2.24, 2.45) is 0 Å². The lowest BCUT2D eigenvalue weighted by Gasteiger charge is -2.21. The van der Waals surface area contributed by atoms with Crippen molar-refractivity contribution >= 4 is 14.2 Å². The summed E-state index contributed by atoms with van der Waals surface area (Å²) in [5.74, 6) is 0.714. The van der Waals surface area contributed by atoms with Crippen LogP contribution in [0.3, 0.4) is 0 Å². The second kappa shape index (κ2) is 7.30. The summed E-state index contributed by atoms with van der Waals surface area (Å²) < 4.78 is 10.8. The van der Waals surface area contributed by atoms with Crippen molar-refractivity contribution < 1.29 is 14.3 Å². The fourth-order valence-electron chi connectivity index (χ4n) is 2.14. The van der Waals surface area contributed by atoms with E-state index in [0.717, 1.165) is 12.8 Å². The molecular formula is C17H30O3Si. The van der Waals surface area contributed by atoms with Gasteiger partial charge in [-0.15, -0.1) is 0 Å². The highest BCUT2D eigenvalue weighted by Gasteiger charge is 2.21. The third-order valence-electron chi connectivity index (χ3n) is 3.12. The molecule has 0 bridgehead atoms. The van der Waals surface area contributed by atoms with E-state index in [1.165, 1.54) is 24.8 Å². The largest absolute Gasteiger partial charge is 0.514 e. The molecule has 4 heteroatoms. The Balaban J connectivity index is 2.87. The molecule has 1 saturated carbocycles. The van der Waals surface area contributed by atoms with E-state index in [0.29, 0.717) is 5.76 Å². The number of allylic oxidation sites excluding steroid dienone is 2. The third-order valence-corrected chi connectivity index (χ3v) is 4.29. The van der Waals surface area contributed by atoms with Gasteiger partial charge in [0.2, 0.25) is 0 Å². The molecule has 0 aromatic heterocycles. The van der Waals surface area contributed by atoms with E-state index in [1.807, 2.05) is 26.8 Å². The van der Waals surface area contributed by atoms with Gasteiger partial charge in [0.05, 0.1) is 8.07 Å².